The minimum Gasteiger partial charge on any atom is -0.472 e. The maximum atomic E-state index is 13.3. The number of nitrogens with zero attached hydrogens (tertiary/aromatic N) is 4. The molecule has 5 rings (SSSR count). The van der Waals surface area contributed by atoms with Gasteiger partial charge in [-0.1, -0.05) is 18.2 Å². The van der Waals surface area contributed by atoms with Gasteiger partial charge in [-0.15, -0.1) is 0 Å². The summed E-state index contributed by atoms with van der Waals surface area (Å²) in [5.41, 5.74) is 3.62. The average Bonchev–Trinajstić information content (AvgIpc) is 3.47. The van der Waals surface area contributed by atoms with Gasteiger partial charge in [0.1, 0.15) is 0 Å². The fourth-order valence-corrected chi connectivity index (χ4v) is 4.69. The molecule has 0 bridgehead atoms. The summed E-state index contributed by atoms with van der Waals surface area (Å²) in [6, 6.07) is 12.1. The molecule has 0 radical (unpaired) electrons. The Morgan fingerprint density at radius 3 is 2.48 bits per heavy atom. The van der Waals surface area contributed by atoms with Crippen LogP contribution in [0.4, 0.5) is 0 Å². The summed E-state index contributed by atoms with van der Waals surface area (Å²) in [4.78, 5) is 4.70. The lowest BCUT2D eigenvalue weighted by Gasteiger charge is -2.07. The van der Waals surface area contributed by atoms with Crippen molar-refractivity contribution in [2.75, 3.05) is 0 Å². The zero-order valence-corrected chi connectivity index (χ0v) is 16.2. The summed E-state index contributed by atoms with van der Waals surface area (Å²) in [7, 11) is -1.99. The fraction of sp³-hybridized carbons (Fsp3) is 0.0476. The molecule has 1 aromatic carbocycles. The second-order valence-electron chi connectivity index (χ2n) is 6.67. The lowest BCUT2D eigenvalue weighted by Crippen LogP contribution is -2.12. The molecule has 0 spiro atoms. The van der Waals surface area contributed by atoms with Gasteiger partial charge in [0.2, 0.25) is 0 Å². The molecule has 29 heavy (non-hydrogen) atoms. The van der Waals surface area contributed by atoms with Crippen LogP contribution in [0, 0.1) is 0 Å². The number of hydrogen-bond acceptors (Lipinski definition) is 5. The number of aryl methyl sites for hydroxylation is 1. The molecule has 8 heteroatoms. The molecular formula is C21H16N4O3S. The van der Waals surface area contributed by atoms with Gasteiger partial charge >= 0.3 is 0 Å². The van der Waals surface area contributed by atoms with E-state index in [0.29, 0.717) is 5.65 Å². The number of hydrogen-bond donors (Lipinski definition) is 0. The van der Waals surface area contributed by atoms with Gasteiger partial charge in [-0.2, -0.15) is 5.10 Å². The third kappa shape index (κ3) is 2.85. The van der Waals surface area contributed by atoms with Gasteiger partial charge < -0.3 is 4.42 Å². The number of furan rings is 1. The van der Waals surface area contributed by atoms with E-state index in [9.17, 15) is 8.42 Å². The zero-order chi connectivity index (χ0) is 20.0. The van der Waals surface area contributed by atoms with Gasteiger partial charge in [0.25, 0.3) is 10.0 Å². The van der Waals surface area contributed by atoms with Crippen LogP contribution in [-0.4, -0.2) is 27.2 Å². The van der Waals surface area contributed by atoms with Crippen molar-refractivity contribution in [3.8, 4) is 22.3 Å². The molecule has 0 fully saturated rings. The summed E-state index contributed by atoms with van der Waals surface area (Å²) in [5, 5.41) is 4.94. The molecule has 0 saturated heterocycles. The van der Waals surface area contributed by atoms with Crippen LogP contribution in [0.15, 0.2) is 89.1 Å². The van der Waals surface area contributed by atoms with Gasteiger partial charge in [-0.3, -0.25) is 4.68 Å². The molecule has 5 aromatic rings. The van der Waals surface area contributed by atoms with Crippen molar-refractivity contribution in [3.63, 3.8) is 0 Å². The summed E-state index contributed by atoms with van der Waals surface area (Å²) in [6.45, 7) is 0. The third-order valence-corrected chi connectivity index (χ3v) is 6.45. The van der Waals surface area contributed by atoms with Crippen molar-refractivity contribution in [3.05, 3.63) is 79.8 Å². The Morgan fingerprint density at radius 1 is 0.966 bits per heavy atom. The number of benzene rings is 1. The highest BCUT2D eigenvalue weighted by atomic mass is 32.2. The van der Waals surface area contributed by atoms with Crippen LogP contribution < -0.4 is 0 Å². The number of aromatic nitrogens is 4. The maximum absolute atomic E-state index is 13.3. The first kappa shape index (κ1) is 17.4. The highest BCUT2D eigenvalue weighted by molar-refractivity contribution is 7.90. The van der Waals surface area contributed by atoms with E-state index >= 15 is 0 Å². The number of rotatable bonds is 4. The van der Waals surface area contributed by atoms with Crippen LogP contribution in [0.1, 0.15) is 0 Å². The predicted molar refractivity (Wildman–Crippen MR) is 109 cm³/mol. The first-order chi connectivity index (χ1) is 14.0. The first-order valence-electron chi connectivity index (χ1n) is 8.87. The molecule has 0 saturated carbocycles. The van der Waals surface area contributed by atoms with Gasteiger partial charge in [0.15, 0.2) is 5.65 Å². The van der Waals surface area contributed by atoms with Crippen molar-refractivity contribution in [2.45, 2.75) is 4.90 Å². The minimum atomic E-state index is -3.80. The second kappa shape index (κ2) is 6.46. The highest BCUT2D eigenvalue weighted by Crippen LogP contribution is 2.34. The van der Waals surface area contributed by atoms with E-state index in [2.05, 4.69) is 10.1 Å². The Labute approximate surface area is 166 Å². The molecule has 0 N–H and O–H groups in total. The Morgan fingerprint density at radius 2 is 1.79 bits per heavy atom. The maximum Gasteiger partial charge on any atom is 0.269 e. The predicted octanol–water partition coefficient (Wildman–Crippen LogP) is 3.93. The molecule has 4 heterocycles. The van der Waals surface area contributed by atoms with E-state index < -0.39 is 10.0 Å². The lowest BCUT2D eigenvalue weighted by atomic mass is 10.1. The highest BCUT2D eigenvalue weighted by Gasteiger charge is 2.23. The summed E-state index contributed by atoms with van der Waals surface area (Å²) in [5.74, 6) is 0. The molecule has 7 nitrogen and oxygen atoms in total. The van der Waals surface area contributed by atoms with E-state index in [-0.39, 0.29) is 4.90 Å². The molecule has 0 atom stereocenters. The van der Waals surface area contributed by atoms with Gasteiger partial charge in [-0.25, -0.2) is 17.4 Å². The van der Waals surface area contributed by atoms with E-state index in [0.717, 1.165) is 27.6 Å². The van der Waals surface area contributed by atoms with Gasteiger partial charge in [-0.05, 0) is 24.3 Å². The third-order valence-electron chi connectivity index (χ3n) is 4.78. The van der Waals surface area contributed by atoms with Crippen molar-refractivity contribution < 1.29 is 12.8 Å². The molecule has 0 unspecified atom stereocenters. The average molecular weight is 404 g/mol. The molecule has 144 valence electrons. The zero-order valence-electron chi connectivity index (χ0n) is 15.4. The first-order valence-corrected chi connectivity index (χ1v) is 10.3. The Kier molecular flexibility index (Phi) is 3.88. The van der Waals surface area contributed by atoms with Crippen LogP contribution in [-0.2, 0) is 17.1 Å². The van der Waals surface area contributed by atoms with Crippen molar-refractivity contribution >= 4 is 21.1 Å². The molecule has 0 amide bonds. The largest absolute Gasteiger partial charge is 0.472 e. The van der Waals surface area contributed by atoms with Gasteiger partial charge in [0.05, 0.1) is 23.6 Å². The molecule has 4 aromatic heterocycles. The Hall–Kier alpha value is -3.65. The Balaban J connectivity index is 1.80. The van der Waals surface area contributed by atoms with E-state index in [4.69, 9.17) is 4.42 Å². The van der Waals surface area contributed by atoms with Crippen LogP contribution in [0.25, 0.3) is 33.3 Å². The number of fused-ring (bicyclic) bond motifs is 1. The summed E-state index contributed by atoms with van der Waals surface area (Å²) >= 11 is 0. The van der Waals surface area contributed by atoms with Crippen LogP contribution in [0.3, 0.4) is 0 Å². The van der Waals surface area contributed by atoms with Crippen molar-refractivity contribution in [1.82, 2.24) is 18.7 Å². The topological polar surface area (TPSA) is 82.9 Å². The summed E-state index contributed by atoms with van der Waals surface area (Å²) < 4.78 is 34.7. The van der Waals surface area contributed by atoms with Crippen LogP contribution >= 0.6 is 0 Å². The van der Waals surface area contributed by atoms with Crippen molar-refractivity contribution in [1.29, 1.82) is 0 Å². The van der Waals surface area contributed by atoms with Gasteiger partial charge in [0, 0.05) is 53.3 Å². The monoisotopic (exact) mass is 404 g/mol. The molecule has 0 aliphatic rings. The van der Waals surface area contributed by atoms with E-state index in [1.165, 1.54) is 3.97 Å². The van der Waals surface area contributed by atoms with Crippen molar-refractivity contribution in [2.24, 2.45) is 7.05 Å². The minimum absolute atomic E-state index is 0.204. The molecule has 0 aliphatic carbocycles. The molecular weight excluding hydrogens is 388 g/mol. The van der Waals surface area contributed by atoms with Crippen LogP contribution in [0.5, 0.6) is 0 Å². The van der Waals surface area contributed by atoms with E-state index in [1.54, 1.807) is 66.1 Å². The normalized spacial score (nSPS) is 11.9. The standard InChI is InChI=1S/C21H16N4O3S/c1-24-12-17(11-23-24)20-13-25(29(26,27)18-5-3-2-4-6-18)21-19(20)9-16(10-22-21)15-7-8-28-14-15/h2-14H,1H3. The lowest BCUT2D eigenvalue weighted by molar-refractivity contribution is 0.568. The second-order valence-corrected chi connectivity index (χ2v) is 8.48. The fourth-order valence-electron chi connectivity index (χ4n) is 3.35. The quantitative estimate of drug-likeness (QED) is 0.453. The smallest absolute Gasteiger partial charge is 0.269 e. The SMILES string of the molecule is Cn1cc(-c2cn(S(=O)(=O)c3ccccc3)c3ncc(-c4ccoc4)cc23)cn1. The summed E-state index contributed by atoms with van der Waals surface area (Å²) in [6.07, 6.45) is 10.0. The number of pyridine rings is 1. The Bertz CT molecular complexity index is 1420. The van der Waals surface area contributed by atoms with Crippen LogP contribution in [0.2, 0.25) is 0 Å². The molecule has 0 aliphatic heterocycles. The van der Waals surface area contributed by atoms with E-state index in [1.807, 2.05) is 25.4 Å².